The van der Waals surface area contributed by atoms with Crippen molar-refractivity contribution < 1.29 is 9.72 Å². The molecule has 0 fully saturated rings. The minimum absolute atomic E-state index is 0.00862. The highest BCUT2D eigenvalue weighted by Crippen LogP contribution is 2.21. The lowest BCUT2D eigenvalue weighted by Gasteiger charge is -2.05. The number of nitrogens with zero attached hydrogens (tertiary/aromatic N) is 1. The Balaban J connectivity index is 2.06. The predicted octanol–water partition coefficient (Wildman–Crippen LogP) is 3.62. The smallest absolute Gasteiger partial charge is 0.269 e. The van der Waals surface area contributed by atoms with Crippen LogP contribution in [-0.4, -0.2) is 10.8 Å². The molecule has 0 spiro atoms. The molecule has 0 unspecified atom stereocenters. The van der Waals surface area contributed by atoms with Crippen molar-refractivity contribution in [3.05, 3.63) is 62.3 Å². The number of nitrogens with one attached hydrogen (secondary N) is 1. The standard InChI is InChI=1S/C14H12N2O3S/c1-10-8-12(16(18)19)3-4-13(10)15-14(17)5-2-11-6-7-20-9-11/h2-9H,1H3,(H,15,17)/b5-2+. The first-order valence-corrected chi connectivity index (χ1v) is 6.77. The van der Waals surface area contributed by atoms with E-state index in [2.05, 4.69) is 5.32 Å². The van der Waals surface area contributed by atoms with E-state index in [1.54, 1.807) is 24.3 Å². The lowest BCUT2D eigenvalue weighted by molar-refractivity contribution is -0.384. The number of thiophene rings is 1. The van der Waals surface area contributed by atoms with E-state index in [0.29, 0.717) is 11.3 Å². The Labute approximate surface area is 119 Å². The van der Waals surface area contributed by atoms with Gasteiger partial charge in [-0.25, -0.2) is 0 Å². The molecule has 1 aromatic heterocycles. The van der Waals surface area contributed by atoms with Crippen LogP contribution in [0.25, 0.3) is 6.08 Å². The topological polar surface area (TPSA) is 72.2 Å². The number of carbonyl (C=O) groups is 1. The third-order valence-electron chi connectivity index (χ3n) is 2.65. The first kappa shape index (κ1) is 14.0. The summed E-state index contributed by atoms with van der Waals surface area (Å²) >= 11 is 1.56. The minimum Gasteiger partial charge on any atom is -0.322 e. The number of carbonyl (C=O) groups excluding carboxylic acids is 1. The molecule has 1 amide bonds. The van der Waals surface area contributed by atoms with Gasteiger partial charge in [-0.05, 0) is 47.0 Å². The molecule has 5 nitrogen and oxygen atoms in total. The lowest BCUT2D eigenvalue weighted by atomic mass is 10.2. The molecule has 6 heteroatoms. The van der Waals surface area contributed by atoms with E-state index in [4.69, 9.17) is 0 Å². The normalized spacial score (nSPS) is 10.7. The zero-order chi connectivity index (χ0) is 14.5. The molecule has 1 N–H and O–H groups in total. The van der Waals surface area contributed by atoms with Gasteiger partial charge in [-0.3, -0.25) is 14.9 Å². The fraction of sp³-hybridized carbons (Fsp3) is 0.0714. The van der Waals surface area contributed by atoms with Crippen LogP contribution in [0.3, 0.4) is 0 Å². The molecule has 20 heavy (non-hydrogen) atoms. The fourth-order valence-corrected chi connectivity index (χ4v) is 2.25. The highest BCUT2D eigenvalue weighted by atomic mass is 32.1. The van der Waals surface area contributed by atoms with Gasteiger partial charge in [0.15, 0.2) is 0 Å². The van der Waals surface area contributed by atoms with Crippen molar-refractivity contribution in [2.45, 2.75) is 6.92 Å². The Bertz CT molecular complexity index is 663. The van der Waals surface area contributed by atoms with Crippen molar-refractivity contribution in [1.82, 2.24) is 0 Å². The SMILES string of the molecule is Cc1cc([N+](=O)[O-])ccc1NC(=O)/C=C/c1ccsc1. The predicted molar refractivity (Wildman–Crippen MR) is 79.8 cm³/mol. The van der Waals surface area contributed by atoms with Gasteiger partial charge < -0.3 is 5.32 Å². The minimum atomic E-state index is -0.463. The molecule has 0 bridgehead atoms. The van der Waals surface area contributed by atoms with Crippen molar-refractivity contribution in [3.63, 3.8) is 0 Å². The summed E-state index contributed by atoms with van der Waals surface area (Å²) in [4.78, 5) is 21.9. The summed E-state index contributed by atoms with van der Waals surface area (Å²) in [5, 5.41) is 17.2. The number of amides is 1. The monoisotopic (exact) mass is 288 g/mol. The second-order valence-electron chi connectivity index (χ2n) is 4.14. The van der Waals surface area contributed by atoms with Crippen molar-refractivity contribution in [2.75, 3.05) is 5.32 Å². The quantitative estimate of drug-likeness (QED) is 0.530. The Morgan fingerprint density at radius 1 is 1.40 bits per heavy atom. The van der Waals surface area contributed by atoms with Crippen LogP contribution in [-0.2, 0) is 4.79 Å². The Morgan fingerprint density at radius 2 is 2.20 bits per heavy atom. The first-order chi connectivity index (χ1) is 9.56. The first-order valence-electron chi connectivity index (χ1n) is 5.82. The maximum absolute atomic E-state index is 11.8. The summed E-state index contributed by atoms with van der Waals surface area (Å²) in [5.41, 5.74) is 2.19. The third kappa shape index (κ3) is 3.52. The van der Waals surface area contributed by atoms with Crippen LogP contribution in [0.15, 0.2) is 41.1 Å². The number of benzene rings is 1. The van der Waals surface area contributed by atoms with Crippen LogP contribution >= 0.6 is 11.3 Å². The molecule has 2 rings (SSSR count). The largest absolute Gasteiger partial charge is 0.322 e. The zero-order valence-corrected chi connectivity index (χ0v) is 11.5. The summed E-state index contributed by atoms with van der Waals surface area (Å²) in [6, 6.07) is 6.23. The maximum Gasteiger partial charge on any atom is 0.269 e. The van der Waals surface area contributed by atoms with E-state index in [0.717, 1.165) is 5.56 Å². The molecule has 1 aromatic carbocycles. The van der Waals surface area contributed by atoms with Crippen LogP contribution in [0.5, 0.6) is 0 Å². The Hall–Kier alpha value is -2.47. The average molecular weight is 288 g/mol. The van der Waals surface area contributed by atoms with Crippen LogP contribution in [0.1, 0.15) is 11.1 Å². The summed E-state index contributed by atoms with van der Waals surface area (Å²) < 4.78 is 0. The van der Waals surface area contributed by atoms with Crippen LogP contribution < -0.4 is 5.32 Å². The lowest BCUT2D eigenvalue weighted by Crippen LogP contribution is -2.09. The fourth-order valence-electron chi connectivity index (χ4n) is 1.62. The number of aryl methyl sites for hydroxylation is 1. The van der Waals surface area contributed by atoms with E-state index < -0.39 is 4.92 Å². The van der Waals surface area contributed by atoms with E-state index in [1.165, 1.54) is 24.3 Å². The second-order valence-corrected chi connectivity index (χ2v) is 4.92. The Kier molecular flexibility index (Phi) is 4.27. The number of hydrogen-bond acceptors (Lipinski definition) is 4. The number of anilines is 1. The van der Waals surface area contributed by atoms with Gasteiger partial charge in [0, 0.05) is 23.9 Å². The van der Waals surface area contributed by atoms with Gasteiger partial charge in [-0.15, -0.1) is 0 Å². The Morgan fingerprint density at radius 3 is 2.80 bits per heavy atom. The zero-order valence-electron chi connectivity index (χ0n) is 10.7. The van der Waals surface area contributed by atoms with Gasteiger partial charge in [-0.1, -0.05) is 0 Å². The van der Waals surface area contributed by atoms with E-state index in [9.17, 15) is 14.9 Å². The van der Waals surface area contributed by atoms with Crippen molar-refractivity contribution in [3.8, 4) is 0 Å². The van der Waals surface area contributed by atoms with Gasteiger partial charge in [0.25, 0.3) is 5.69 Å². The summed E-state index contributed by atoms with van der Waals surface area (Å²) in [7, 11) is 0. The number of nitro groups is 1. The molecular formula is C14H12N2O3S. The van der Waals surface area contributed by atoms with Crippen molar-refractivity contribution >= 4 is 34.7 Å². The van der Waals surface area contributed by atoms with E-state index in [1.807, 2.05) is 16.8 Å². The molecule has 0 saturated heterocycles. The summed E-state index contributed by atoms with van der Waals surface area (Å²) in [5.74, 6) is -0.270. The molecule has 0 aliphatic rings. The number of nitro benzene ring substituents is 1. The van der Waals surface area contributed by atoms with Crippen molar-refractivity contribution in [2.24, 2.45) is 0 Å². The average Bonchev–Trinajstić information content (AvgIpc) is 2.91. The molecule has 102 valence electrons. The van der Waals surface area contributed by atoms with Gasteiger partial charge in [0.2, 0.25) is 5.91 Å². The molecular weight excluding hydrogens is 276 g/mol. The number of rotatable bonds is 4. The summed E-state index contributed by atoms with van der Waals surface area (Å²) in [6.45, 7) is 1.71. The summed E-state index contributed by atoms with van der Waals surface area (Å²) in [6.07, 6.45) is 3.15. The third-order valence-corrected chi connectivity index (χ3v) is 3.35. The molecule has 1 heterocycles. The van der Waals surface area contributed by atoms with Crippen molar-refractivity contribution in [1.29, 1.82) is 0 Å². The highest BCUT2D eigenvalue weighted by Gasteiger charge is 2.08. The highest BCUT2D eigenvalue weighted by molar-refractivity contribution is 7.08. The van der Waals surface area contributed by atoms with E-state index >= 15 is 0 Å². The maximum atomic E-state index is 11.8. The molecule has 0 aliphatic carbocycles. The van der Waals surface area contributed by atoms with Crippen LogP contribution in [0.4, 0.5) is 11.4 Å². The van der Waals surface area contributed by atoms with Crippen LogP contribution in [0.2, 0.25) is 0 Å². The van der Waals surface area contributed by atoms with Crippen LogP contribution in [0, 0.1) is 17.0 Å². The molecule has 0 atom stereocenters. The molecule has 0 aliphatic heterocycles. The van der Waals surface area contributed by atoms with Gasteiger partial charge in [0.05, 0.1) is 4.92 Å². The van der Waals surface area contributed by atoms with Gasteiger partial charge in [0.1, 0.15) is 0 Å². The number of non-ortho nitro benzene ring substituents is 1. The number of hydrogen-bond donors (Lipinski definition) is 1. The molecule has 0 saturated carbocycles. The molecule has 0 radical (unpaired) electrons. The second kappa shape index (κ2) is 6.12. The molecule has 2 aromatic rings. The van der Waals surface area contributed by atoms with E-state index in [-0.39, 0.29) is 11.6 Å². The van der Waals surface area contributed by atoms with Gasteiger partial charge in [-0.2, -0.15) is 11.3 Å². The van der Waals surface area contributed by atoms with Gasteiger partial charge >= 0.3 is 0 Å².